The monoisotopic (exact) mass is 230 g/mol. The normalized spacial score (nSPS) is 20.7. The van der Waals surface area contributed by atoms with Gasteiger partial charge in [-0.1, -0.05) is 44.2 Å². The van der Waals surface area contributed by atoms with E-state index < -0.39 is 0 Å². The van der Waals surface area contributed by atoms with Crippen molar-refractivity contribution in [1.29, 1.82) is 0 Å². The van der Waals surface area contributed by atoms with Gasteiger partial charge in [-0.2, -0.15) is 0 Å². The van der Waals surface area contributed by atoms with Crippen LogP contribution in [0.15, 0.2) is 35.3 Å². The number of likely N-dealkylation sites (N-methyl/N-ethyl adjacent to an activating group) is 1. The SMILES string of the molecule is CC(C)C1C(c2ccccc2)=NCC(=O)N1C. The standard InChI is InChI=1S/C14H18N2O/c1-10(2)14-13(11-7-5-4-6-8-11)15-9-12(17)16(14)3/h4-8,10,14H,9H2,1-3H3. The molecule has 1 unspecified atom stereocenters. The number of hydrogen-bond acceptors (Lipinski definition) is 2. The van der Waals surface area contributed by atoms with Crippen LogP contribution in [-0.4, -0.2) is 36.2 Å². The number of benzene rings is 1. The molecule has 0 saturated heterocycles. The minimum atomic E-state index is 0.0821. The highest BCUT2D eigenvalue weighted by atomic mass is 16.2. The van der Waals surface area contributed by atoms with Crippen molar-refractivity contribution in [2.75, 3.05) is 13.6 Å². The Kier molecular flexibility index (Phi) is 3.27. The molecule has 0 N–H and O–H groups in total. The summed E-state index contributed by atoms with van der Waals surface area (Å²) in [5.74, 6) is 0.464. The molecule has 0 aromatic heterocycles. The predicted octanol–water partition coefficient (Wildman–Crippen LogP) is 1.97. The van der Waals surface area contributed by atoms with Crippen molar-refractivity contribution in [2.45, 2.75) is 19.9 Å². The average molecular weight is 230 g/mol. The summed E-state index contributed by atoms with van der Waals surface area (Å²) in [6, 6.07) is 10.2. The number of hydrogen-bond donors (Lipinski definition) is 0. The molecule has 1 aromatic carbocycles. The second-order valence-corrected chi connectivity index (χ2v) is 4.76. The van der Waals surface area contributed by atoms with Crippen molar-refractivity contribution in [3.8, 4) is 0 Å². The van der Waals surface area contributed by atoms with Gasteiger partial charge in [0, 0.05) is 7.05 Å². The van der Waals surface area contributed by atoms with Crippen LogP contribution >= 0.6 is 0 Å². The number of rotatable bonds is 2. The van der Waals surface area contributed by atoms with Crippen molar-refractivity contribution in [3.63, 3.8) is 0 Å². The van der Waals surface area contributed by atoms with Crippen LogP contribution in [0.25, 0.3) is 0 Å². The summed E-state index contributed by atoms with van der Waals surface area (Å²) in [6.45, 7) is 4.51. The van der Waals surface area contributed by atoms with Gasteiger partial charge in [-0.25, -0.2) is 0 Å². The van der Waals surface area contributed by atoms with Crippen LogP contribution in [0.2, 0.25) is 0 Å². The summed E-state index contributed by atoms with van der Waals surface area (Å²) in [4.78, 5) is 18.0. The van der Waals surface area contributed by atoms with Gasteiger partial charge in [-0.3, -0.25) is 9.79 Å². The zero-order chi connectivity index (χ0) is 12.4. The molecule has 0 aliphatic carbocycles. The lowest BCUT2D eigenvalue weighted by Gasteiger charge is -2.35. The first-order chi connectivity index (χ1) is 8.11. The summed E-state index contributed by atoms with van der Waals surface area (Å²) in [6.07, 6.45) is 0. The fourth-order valence-corrected chi connectivity index (χ4v) is 2.33. The topological polar surface area (TPSA) is 32.7 Å². The molecule has 0 bridgehead atoms. The van der Waals surface area contributed by atoms with Crippen molar-refractivity contribution in [3.05, 3.63) is 35.9 Å². The highest BCUT2D eigenvalue weighted by Gasteiger charge is 2.31. The first kappa shape index (κ1) is 11.8. The van der Waals surface area contributed by atoms with Gasteiger partial charge in [0.15, 0.2) is 0 Å². The van der Waals surface area contributed by atoms with Crippen LogP contribution in [0.1, 0.15) is 19.4 Å². The van der Waals surface area contributed by atoms with Crippen LogP contribution in [0.4, 0.5) is 0 Å². The minimum absolute atomic E-state index is 0.0821. The Morgan fingerprint density at radius 2 is 1.94 bits per heavy atom. The number of carbonyl (C=O) groups excluding carboxylic acids is 1. The molecule has 1 atom stereocenters. The number of nitrogens with zero attached hydrogens (tertiary/aromatic N) is 2. The minimum Gasteiger partial charge on any atom is -0.335 e. The molecule has 1 aromatic rings. The van der Waals surface area contributed by atoms with Crippen molar-refractivity contribution >= 4 is 11.6 Å². The van der Waals surface area contributed by atoms with Crippen molar-refractivity contribution < 1.29 is 4.79 Å². The Morgan fingerprint density at radius 3 is 2.53 bits per heavy atom. The van der Waals surface area contributed by atoms with Gasteiger partial charge in [0.2, 0.25) is 5.91 Å². The lowest BCUT2D eigenvalue weighted by molar-refractivity contribution is -0.130. The molecule has 90 valence electrons. The first-order valence-corrected chi connectivity index (χ1v) is 5.96. The number of amides is 1. The van der Waals surface area contributed by atoms with E-state index in [1.165, 1.54) is 0 Å². The Hall–Kier alpha value is -1.64. The predicted molar refractivity (Wildman–Crippen MR) is 69.2 cm³/mol. The Bertz CT molecular complexity index is 437. The summed E-state index contributed by atoms with van der Waals surface area (Å²) >= 11 is 0. The second kappa shape index (κ2) is 4.70. The summed E-state index contributed by atoms with van der Waals surface area (Å²) in [5, 5.41) is 0. The molecular formula is C14H18N2O. The molecule has 1 aliphatic heterocycles. The fraction of sp³-hybridized carbons (Fsp3) is 0.429. The van der Waals surface area contributed by atoms with Gasteiger partial charge in [-0.15, -0.1) is 0 Å². The van der Waals surface area contributed by atoms with E-state index in [0.29, 0.717) is 5.92 Å². The first-order valence-electron chi connectivity index (χ1n) is 5.96. The smallest absolute Gasteiger partial charge is 0.244 e. The molecule has 1 aliphatic rings. The zero-order valence-corrected chi connectivity index (χ0v) is 10.6. The lowest BCUT2D eigenvalue weighted by atomic mass is 9.91. The van der Waals surface area contributed by atoms with Gasteiger partial charge in [0.25, 0.3) is 0 Å². The highest BCUT2D eigenvalue weighted by Crippen LogP contribution is 2.20. The number of aliphatic imine (C=N–C) groups is 1. The van der Waals surface area contributed by atoms with E-state index in [9.17, 15) is 4.79 Å². The highest BCUT2D eigenvalue weighted by molar-refractivity contribution is 6.08. The third-order valence-electron chi connectivity index (χ3n) is 3.18. The van der Waals surface area contributed by atoms with Gasteiger partial charge in [0.1, 0.15) is 6.54 Å². The molecule has 3 nitrogen and oxygen atoms in total. The Morgan fingerprint density at radius 1 is 1.29 bits per heavy atom. The van der Waals surface area contributed by atoms with Gasteiger partial charge < -0.3 is 4.90 Å². The molecular weight excluding hydrogens is 212 g/mol. The lowest BCUT2D eigenvalue weighted by Crippen LogP contribution is -2.50. The zero-order valence-electron chi connectivity index (χ0n) is 10.6. The van der Waals surface area contributed by atoms with Crippen molar-refractivity contribution in [1.82, 2.24) is 4.90 Å². The van der Waals surface area contributed by atoms with E-state index >= 15 is 0 Å². The quantitative estimate of drug-likeness (QED) is 0.764. The van der Waals surface area contributed by atoms with E-state index in [0.717, 1.165) is 11.3 Å². The molecule has 17 heavy (non-hydrogen) atoms. The Labute approximate surface area is 102 Å². The molecule has 1 heterocycles. The molecule has 0 fully saturated rings. The maximum atomic E-state index is 11.7. The summed E-state index contributed by atoms with van der Waals surface area (Å²) in [5.41, 5.74) is 2.15. The van der Waals surface area contributed by atoms with Gasteiger partial charge in [0.05, 0.1) is 11.8 Å². The van der Waals surface area contributed by atoms with Crippen LogP contribution in [0.5, 0.6) is 0 Å². The molecule has 2 rings (SSSR count). The molecule has 3 heteroatoms. The summed E-state index contributed by atoms with van der Waals surface area (Å²) < 4.78 is 0. The van der Waals surface area contributed by atoms with E-state index in [4.69, 9.17) is 0 Å². The third-order valence-corrected chi connectivity index (χ3v) is 3.18. The second-order valence-electron chi connectivity index (χ2n) is 4.76. The number of carbonyl (C=O) groups is 1. The van der Waals surface area contributed by atoms with Crippen molar-refractivity contribution in [2.24, 2.45) is 10.9 Å². The van der Waals surface area contributed by atoms with E-state index in [1.807, 2.05) is 30.1 Å². The molecule has 0 spiro atoms. The maximum Gasteiger partial charge on any atom is 0.244 e. The average Bonchev–Trinajstić information content (AvgIpc) is 2.33. The summed E-state index contributed by atoms with van der Waals surface area (Å²) in [7, 11) is 1.87. The van der Waals surface area contributed by atoms with Gasteiger partial charge >= 0.3 is 0 Å². The molecule has 0 saturated carbocycles. The van der Waals surface area contributed by atoms with E-state index in [2.05, 4.69) is 31.0 Å². The maximum absolute atomic E-state index is 11.7. The Balaban J connectivity index is 2.41. The van der Waals surface area contributed by atoms with Crippen LogP contribution in [0, 0.1) is 5.92 Å². The fourth-order valence-electron chi connectivity index (χ4n) is 2.33. The third kappa shape index (κ3) is 2.23. The van der Waals surface area contributed by atoms with Crippen LogP contribution in [-0.2, 0) is 4.79 Å². The molecule has 1 amide bonds. The molecule has 0 radical (unpaired) electrons. The van der Waals surface area contributed by atoms with Gasteiger partial charge in [-0.05, 0) is 11.5 Å². The van der Waals surface area contributed by atoms with Crippen LogP contribution < -0.4 is 0 Å². The van der Waals surface area contributed by atoms with Crippen LogP contribution in [0.3, 0.4) is 0 Å². The van der Waals surface area contributed by atoms with E-state index in [1.54, 1.807) is 0 Å². The van der Waals surface area contributed by atoms with E-state index in [-0.39, 0.29) is 18.5 Å². The largest absolute Gasteiger partial charge is 0.335 e.